The number of nitrogens with zero attached hydrogens (tertiary/aromatic N) is 1. The summed E-state index contributed by atoms with van der Waals surface area (Å²) in [6, 6.07) is -1.19. The van der Waals surface area contributed by atoms with Gasteiger partial charge in [0.25, 0.3) is 0 Å². The Morgan fingerprint density at radius 1 is 1.35 bits per heavy atom. The molecule has 0 radical (unpaired) electrons. The number of halogens is 1. The molecule has 0 spiro atoms. The van der Waals surface area contributed by atoms with Gasteiger partial charge in [0, 0.05) is 6.54 Å². The molecule has 6 heteroatoms. The first-order valence-corrected chi connectivity index (χ1v) is 5.48. The summed E-state index contributed by atoms with van der Waals surface area (Å²) in [5, 5.41) is 0. The van der Waals surface area contributed by atoms with E-state index in [4.69, 9.17) is 4.74 Å². The number of hydrogen-bond acceptors (Lipinski definition) is 4. The van der Waals surface area contributed by atoms with Crippen molar-refractivity contribution >= 4 is 12.1 Å². The molecule has 0 unspecified atom stereocenters. The lowest BCUT2D eigenvalue weighted by molar-refractivity contribution is -0.147. The van der Waals surface area contributed by atoms with Crippen molar-refractivity contribution in [3.8, 4) is 0 Å². The molecule has 0 aromatic heterocycles. The van der Waals surface area contributed by atoms with Crippen LogP contribution in [-0.4, -0.2) is 48.4 Å². The van der Waals surface area contributed by atoms with Crippen molar-refractivity contribution in [1.29, 1.82) is 0 Å². The van der Waals surface area contributed by atoms with E-state index in [-0.39, 0.29) is 13.0 Å². The molecule has 1 aliphatic heterocycles. The summed E-state index contributed by atoms with van der Waals surface area (Å²) in [5.41, 5.74) is -0.674. The second kappa shape index (κ2) is 4.89. The molecule has 0 bridgehead atoms. The Morgan fingerprint density at radius 3 is 2.41 bits per heavy atom. The highest BCUT2D eigenvalue weighted by Gasteiger charge is 2.44. The Kier molecular flexibility index (Phi) is 3.95. The Bertz CT molecular complexity index is 313. The fraction of sp³-hybridized carbons (Fsp3) is 0.818. The number of ether oxygens (including phenoxy) is 2. The monoisotopic (exact) mass is 247 g/mol. The van der Waals surface area contributed by atoms with E-state index in [0.717, 1.165) is 4.90 Å². The van der Waals surface area contributed by atoms with Gasteiger partial charge in [-0.25, -0.2) is 14.0 Å². The average molecular weight is 247 g/mol. The van der Waals surface area contributed by atoms with Crippen LogP contribution in [-0.2, 0) is 14.3 Å². The van der Waals surface area contributed by atoms with Crippen LogP contribution in [0.2, 0.25) is 0 Å². The Hall–Kier alpha value is -1.33. The van der Waals surface area contributed by atoms with Crippen LogP contribution in [0.3, 0.4) is 0 Å². The molecular formula is C11H18FNO4. The molecule has 1 aliphatic rings. The molecular weight excluding hydrogens is 229 g/mol. The fourth-order valence-electron chi connectivity index (χ4n) is 1.68. The van der Waals surface area contributed by atoms with Crippen molar-refractivity contribution in [1.82, 2.24) is 4.90 Å². The highest BCUT2D eigenvalue weighted by molar-refractivity contribution is 5.82. The molecule has 98 valence electrons. The van der Waals surface area contributed by atoms with Gasteiger partial charge in [0.05, 0.1) is 7.11 Å². The van der Waals surface area contributed by atoms with E-state index in [1.54, 1.807) is 20.8 Å². The maximum absolute atomic E-state index is 13.5. The maximum Gasteiger partial charge on any atom is 0.411 e. The number of carbonyl (C=O) groups excluding carboxylic acids is 2. The predicted molar refractivity (Wildman–Crippen MR) is 58.3 cm³/mol. The third-order valence-electron chi connectivity index (χ3n) is 2.39. The quantitative estimate of drug-likeness (QED) is 0.659. The second-order valence-corrected chi connectivity index (χ2v) is 4.95. The van der Waals surface area contributed by atoms with E-state index in [0.29, 0.717) is 0 Å². The number of rotatable bonds is 1. The zero-order valence-corrected chi connectivity index (χ0v) is 10.5. The van der Waals surface area contributed by atoms with Crippen LogP contribution in [0, 0.1) is 0 Å². The van der Waals surface area contributed by atoms with Crippen LogP contribution in [0.25, 0.3) is 0 Å². The summed E-state index contributed by atoms with van der Waals surface area (Å²) in [6.07, 6.45) is -1.96. The first-order valence-electron chi connectivity index (χ1n) is 5.48. The lowest BCUT2D eigenvalue weighted by atomic mass is 10.2. The van der Waals surface area contributed by atoms with Gasteiger partial charge < -0.3 is 9.47 Å². The van der Waals surface area contributed by atoms with Crippen molar-refractivity contribution in [2.24, 2.45) is 0 Å². The molecule has 1 rings (SSSR count). The van der Waals surface area contributed by atoms with Crippen molar-refractivity contribution in [3.63, 3.8) is 0 Å². The molecule has 0 saturated carbocycles. The summed E-state index contributed by atoms with van der Waals surface area (Å²) in [4.78, 5) is 24.2. The SMILES string of the molecule is COC(=O)[C@@H]1[C@H](F)CCN1C(=O)OC(C)(C)C. The topological polar surface area (TPSA) is 55.8 Å². The van der Waals surface area contributed by atoms with E-state index >= 15 is 0 Å². The van der Waals surface area contributed by atoms with Gasteiger partial charge >= 0.3 is 12.1 Å². The fourth-order valence-corrected chi connectivity index (χ4v) is 1.68. The molecule has 2 atom stereocenters. The van der Waals surface area contributed by atoms with E-state index in [9.17, 15) is 14.0 Å². The molecule has 1 heterocycles. The van der Waals surface area contributed by atoms with E-state index in [2.05, 4.69) is 4.74 Å². The van der Waals surface area contributed by atoms with Gasteiger partial charge in [0.2, 0.25) is 0 Å². The number of carbonyl (C=O) groups is 2. The molecule has 1 saturated heterocycles. The number of alkyl halides is 1. The Balaban J connectivity index is 2.76. The van der Waals surface area contributed by atoms with Crippen LogP contribution in [0.15, 0.2) is 0 Å². The lowest BCUT2D eigenvalue weighted by Crippen LogP contribution is -2.46. The van der Waals surface area contributed by atoms with Gasteiger partial charge in [-0.3, -0.25) is 4.90 Å². The normalized spacial score (nSPS) is 24.6. The number of hydrogen-bond donors (Lipinski definition) is 0. The van der Waals surface area contributed by atoms with Crippen molar-refractivity contribution in [2.45, 2.75) is 45.0 Å². The van der Waals surface area contributed by atoms with E-state index < -0.39 is 29.9 Å². The third kappa shape index (κ3) is 3.31. The molecule has 0 N–H and O–H groups in total. The lowest BCUT2D eigenvalue weighted by Gasteiger charge is -2.27. The van der Waals surface area contributed by atoms with Crippen LogP contribution in [0.1, 0.15) is 27.2 Å². The van der Waals surface area contributed by atoms with Crippen LogP contribution < -0.4 is 0 Å². The summed E-state index contributed by atoms with van der Waals surface area (Å²) in [5.74, 6) is -0.749. The highest BCUT2D eigenvalue weighted by Crippen LogP contribution is 2.24. The summed E-state index contributed by atoms with van der Waals surface area (Å²) in [7, 11) is 1.17. The van der Waals surface area contributed by atoms with Crippen LogP contribution in [0.5, 0.6) is 0 Å². The first kappa shape index (κ1) is 13.7. The first-order chi connectivity index (χ1) is 7.76. The minimum atomic E-state index is -1.39. The highest BCUT2D eigenvalue weighted by atomic mass is 19.1. The third-order valence-corrected chi connectivity index (χ3v) is 2.39. The molecule has 5 nitrogen and oxygen atoms in total. The number of methoxy groups -OCH3 is 1. The van der Waals surface area contributed by atoms with Crippen molar-refractivity contribution in [2.75, 3.05) is 13.7 Å². The summed E-state index contributed by atoms with van der Waals surface area (Å²) < 4.78 is 23.1. The smallest absolute Gasteiger partial charge is 0.411 e. The number of esters is 1. The molecule has 0 aromatic rings. The molecule has 0 aliphatic carbocycles. The minimum Gasteiger partial charge on any atom is -0.467 e. The molecule has 1 amide bonds. The predicted octanol–water partition coefficient (Wildman–Crippen LogP) is 1.51. The zero-order valence-electron chi connectivity index (χ0n) is 10.5. The standard InChI is InChI=1S/C11H18FNO4/c1-11(2,3)17-10(15)13-6-5-7(12)8(13)9(14)16-4/h7-8H,5-6H2,1-4H3/t7-,8+/m1/s1. The summed E-state index contributed by atoms with van der Waals surface area (Å²) in [6.45, 7) is 5.29. The van der Waals surface area contributed by atoms with Gasteiger partial charge in [-0.05, 0) is 27.2 Å². The summed E-state index contributed by atoms with van der Waals surface area (Å²) >= 11 is 0. The maximum atomic E-state index is 13.5. The number of likely N-dealkylation sites (tertiary alicyclic amines) is 1. The minimum absolute atomic E-state index is 0.124. The molecule has 0 aromatic carbocycles. The van der Waals surface area contributed by atoms with Gasteiger partial charge in [-0.1, -0.05) is 0 Å². The van der Waals surface area contributed by atoms with Crippen LogP contribution in [0.4, 0.5) is 9.18 Å². The molecule has 1 fully saturated rings. The van der Waals surface area contributed by atoms with Crippen molar-refractivity contribution < 1.29 is 23.5 Å². The van der Waals surface area contributed by atoms with E-state index in [1.807, 2.05) is 0 Å². The second-order valence-electron chi connectivity index (χ2n) is 4.95. The Labute approximate surface area is 99.9 Å². The van der Waals surface area contributed by atoms with Gasteiger partial charge in [-0.2, -0.15) is 0 Å². The largest absolute Gasteiger partial charge is 0.467 e. The van der Waals surface area contributed by atoms with E-state index in [1.165, 1.54) is 7.11 Å². The average Bonchev–Trinajstić information content (AvgIpc) is 2.56. The van der Waals surface area contributed by atoms with Gasteiger partial charge in [-0.15, -0.1) is 0 Å². The zero-order chi connectivity index (χ0) is 13.2. The number of amides is 1. The van der Waals surface area contributed by atoms with Crippen LogP contribution >= 0.6 is 0 Å². The van der Waals surface area contributed by atoms with Gasteiger partial charge in [0.15, 0.2) is 6.04 Å². The Morgan fingerprint density at radius 2 is 1.94 bits per heavy atom. The van der Waals surface area contributed by atoms with Crippen molar-refractivity contribution in [3.05, 3.63) is 0 Å². The molecule has 17 heavy (non-hydrogen) atoms. The van der Waals surface area contributed by atoms with Gasteiger partial charge in [0.1, 0.15) is 11.8 Å².